The number of ether oxygens (including phenoxy) is 2. The van der Waals surface area contributed by atoms with Gasteiger partial charge >= 0.3 is 6.09 Å². The Morgan fingerprint density at radius 2 is 1.85 bits per heavy atom. The van der Waals surface area contributed by atoms with Crippen molar-refractivity contribution >= 4 is 22.9 Å². The largest absolute Gasteiger partial charge is 0.489 e. The smallest absolute Gasteiger partial charge is 0.410 e. The molecule has 0 saturated carbocycles. The number of pyridine rings is 1. The highest BCUT2D eigenvalue weighted by atomic mass is 16.6. The van der Waals surface area contributed by atoms with Gasteiger partial charge < -0.3 is 24.3 Å². The van der Waals surface area contributed by atoms with Gasteiger partial charge in [0, 0.05) is 50.1 Å². The van der Waals surface area contributed by atoms with E-state index in [0.717, 1.165) is 29.6 Å². The van der Waals surface area contributed by atoms with Crippen molar-refractivity contribution in [1.82, 2.24) is 19.8 Å². The highest BCUT2D eigenvalue weighted by molar-refractivity contribution is 5.98. The zero-order chi connectivity index (χ0) is 23.6. The van der Waals surface area contributed by atoms with Crippen molar-refractivity contribution in [3.05, 3.63) is 54.4 Å². The molecular formula is C25H30N4O4. The van der Waals surface area contributed by atoms with Crippen LogP contribution in [-0.2, 0) is 4.74 Å². The van der Waals surface area contributed by atoms with E-state index in [9.17, 15) is 9.59 Å². The second-order valence-corrected chi connectivity index (χ2v) is 9.18. The molecule has 4 rings (SSSR count). The predicted octanol–water partition coefficient (Wildman–Crippen LogP) is 4.16. The first-order valence-corrected chi connectivity index (χ1v) is 11.2. The molecule has 1 aliphatic heterocycles. The molecule has 0 radical (unpaired) electrons. The maximum absolute atomic E-state index is 12.2. The van der Waals surface area contributed by atoms with Crippen molar-refractivity contribution in [3.8, 4) is 11.6 Å². The zero-order valence-corrected chi connectivity index (χ0v) is 19.5. The quantitative estimate of drug-likeness (QED) is 0.645. The normalized spacial score (nSPS) is 14.8. The van der Waals surface area contributed by atoms with E-state index in [1.807, 2.05) is 61.9 Å². The minimum Gasteiger partial charge on any atom is -0.489 e. The molecule has 0 atom stereocenters. The van der Waals surface area contributed by atoms with Crippen LogP contribution in [0, 0.1) is 0 Å². The molecule has 0 bridgehead atoms. The van der Waals surface area contributed by atoms with E-state index in [2.05, 4.69) is 10.3 Å². The lowest BCUT2D eigenvalue weighted by Crippen LogP contribution is -2.44. The molecule has 0 unspecified atom stereocenters. The summed E-state index contributed by atoms with van der Waals surface area (Å²) < 4.78 is 13.5. The zero-order valence-electron chi connectivity index (χ0n) is 19.5. The fourth-order valence-electron chi connectivity index (χ4n) is 3.89. The van der Waals surface area contributed by atoms with Gasteiger partial charge in [0.05, 0.1) is 11.7 Å². The minimum atomic E-state index is -0.491. The highest BCUT2D eigenvalue weighted by Crippen LogP contribution is 2.24. The number of hydrogen-bond acceptors (Lipinski definition) is 5. The van der Waals surface area contributed by atoms with Crippen LogP contribution >= 0.6 is 0 Å². The van der Waals surface area contributed by atoms with Crippen LogP contribution in [0.5, 0.6) is 5.75 Å². The molecule has 1 saturated heterocycles. The molecule has 3 heterocycles. The van der Waals surface area contributed by atoms with Gasteiger partial charge in [-0.2, -0.15) is 0 Å². The molecule has 8 heteroatoms. The molecule has 1 N–H and O–H groups in total. The van der Waals surface area contributed by atoms with Gasteiger partial charge in [0.15, 0.2) is 0 Å². The summed E-state index contributed by atoms with van der Waals surface area (Å²) >= 11 is 0. The monoisotopic (exact) mass is 450 g/mol. The van der Waals surface area contributed by atoms with Crippen LogP contribution in [0.4, 0.5) is 4.79 Å². The van der Waals surface area contributed by atoms with Gasteiger partial charge in [0.25, 0.3) is 5.91 Å². The van der Waals surface area contributed by atoms with Crippen LogP contribution in [0.1, 0.15) is 44.0 Å². The summed E-state index contributed by atoms with van der Waals surface area (Å²) in [5, 5.41) is 3.61. The van der Waals surface area contributed by atoms with Crippen molar-refractivity contribution in [2.75, 3.05) is 20.1 Å². The highest BCUT2D eigenvalue weighted by Gasteiger charge is 2.27. The van der Waals surface area contributed by atoms with Crippen LogP contribution in [0.3, 0.4) is 0 Å². The molecule has 0 aliphatic carbocycles. The average Bonchev–Trinajstić information content (AvgIpc) is 3.21. The minimum absolute atomic E-state index is 0.0341. The maximum Gasteiger partial charge on any atom is 0.410 e. The summed E-state index contributed by atoms with van der Waals surface area (Å²) in [7, 11) is 1.62. The Bertz CT molecular complexity index is 1140. The molecule has 33 heavy (non-hydrogen) atoms. The predicted molar refractivity (Wildman–Crippen MR) is 126 cm³/mol. The number of carbonyl (C=O) groups is 2. The van der Waals surface area contributed by atoms with Crippen LogP contribution in [0.15, 0.2) is 48.8 Å². The number of nitrogens with zero attached hydrogens (tertiary/aromatic N) is 3. The van der Waals surface area contributed by atoms with Gasteiger partial charge in [0.1, 0.15) is 23.3 Å². The van der Waals surface area contributed by atoms with Crippen LogP contribution < -0.4 is 10.1 Å². The molecule has 2 amide bonds. The molecule has 174 valence electrons. The summed E-state index contributed by atoms with van der Waals surface area (Å²) in [5.41, 5.74) is 1.10. The SMILES string of the molecule is CNC(=O)c1ccc2c(ccn2-c2ccc(OC3CCN(C(=O)OC(C)(C)C)CC3)cn2)c1. The van der Waals surface area contributed by atoms with Crippen LogP contribution in [-0.4, -0.2) is 58.3 Å². The van der Waals surface area contributed by atoms with Crippen molar-refractivity contribution in [2.24, 2.45) is 0 Å². The third-order valence-electron chi connectivity index (χ3n) is 5.54. The molecule has 1 aliphatic rings. The Hall–Kier alpha value is -3.55. The van der Waals surface area contributed by atoms with Crippen molar-refractivity contribution in [2.45, 2.75) is 45.3 Å². The fourth-order valence-corrected chi connectivity index (χ4v) is 3.89. The van der Waals surface area contributed by atoms with Crippen LogP contribution in [0.25, 0.3) is 16.7 Å². The fraction of sp³-hybridized carbons (Fsp3) is 0.400. The van der Waals surface area contributed by atoms with Gasteiger partial charge in [0.2, 0.25) is 0 Å². The number of nitrogens with one attached hydrogen (secondary N) is 1. The molecular weight excluding hydrogens is 420 g/mol. The summed E-state index contributed by atoms with van der Waals surface area (Å²) in [6.45, 7) is 6.83. The topological polar surface area (TPSA) is 85.7 Å². The molecule has 1 fully saturated rings. The van der Waals surface area contributed by atoms with E-state index < -0.39 is 5.60 Å². The lowest BCUT2D eigenvalue weighted by molar-refractivity contribution is 0.0126. The standard InChI is InChI=1S/C25H30N4O4/c1-25(2,3)33-24(31)28-12-10-19(11-13-28)32-20-6-8-22(27-16-20)29-14-9-17-15-18(23(30)26-4)5-7-21(17)29/h5-9,14-16,19H,10-13H2,1-4H3,(H,26,30). The lowest BCUT2D eigenvalue weighted by Gasteiger charge is -2.33. The molecule has 2 aromatic heterocycles. The summed E-state index contributed by atoms with van der Waals surface area (Å²) in [4.78, 5) is 30.4. The van der Waals surface area contributed by atoms with Crippen molar-refractivity contribution in [3.63, 3.8) is 0 Å². The molecule has 3 aromatic rings. The maximum atomic E-state index is 12.2. The van der Waals surface area contributed by atoms with Crippen molar-refractivity contribution in [1.29, 1.82) is 0 Å². The molecule has 0 spiro atoms. The van der Waals surface area contributed by atoms with Crippen LogP contribution in [0.2, 0.25) is 0 Å². The molecule has 8 nitrogen and oxygen atoms in total. The second kappa shape index (κ2) is 9.13. The Kier molecular flexibility index (Phi) is 6.26. The number of fused-ring (bicyclic) bond motifs is 1. The van der Waals surface area contributed by atoms with Gasteiger partial charge in [-0.05, 0) is 57.2 Å². The van der Waals surface area contributed by atoms with E-state index in [4.69, 9.17) is 9.47 Å². The third kappa shape index (κ3) is 5.27. The van der Waals surface area contributed by atoms with E-state index in [1.54, 1.807) is 24.2 Å². The Morgan fingerprint density at radius 3 is 2.48 bits per heavy atom. The number of benzene rings is 1. The number of amides is 2. The van der Waals surface area contributed by atoms with E-state index in [0.29, 0.717) is 24.4 Å². The third-order valence-corrected chi connectivity index (χ3v) is 5.54. The summed E-state index contributed by atoms with van der Waals surface area (Å²) in [5.74, 6) is 1.36. The Morgan fingerprint density at radius 1 is 1.09 bits per heavy atom. The van der Waals surface area contributed by atoms with Gasteiger partial charge in [-0.25, -0.2) is 9.78 Å². The van der Waals surface area contributed by atoms with Crippen molar-refractivity contribution < 1.29 is 19.1 Å². The van der Waals surface area contributed by atoms with Gasteiger partial charge in [-0.15, -0.1) is 0 Å². The first-order valence-electron chi connectivity index (χ1n) is 11.2. The number of piperidine rings is 1. The first-order chi connectivity index (χ1) is 15.7. The number of hydrogen-bond donors (Lipinski definition) is 1. The van der Waals surface area contributed by atoms with E-state index in [1.165, 1.54) is 0 Å². The van der Waals surface area contributed by atoms with E-state index in [-0.39, 0.29) is 18.1 Å². The number of carbonyl (C=O) groups excluding carboxylic acids is 2. The number of rotatable bonds is 4. The summed E-state index contributed by atoms with van der Waals surface area (Å²) in [6.07, 6.45) is 4.92. The molecule has 1 aromatic carbocycles. The van der Waals surface area contributed by atoms with Gasteiger partial charge in [-0.1, -0.05) is 0 Å². The number of aromatic nitrogens is 2. The Labute approximate surface area is 193 Å². The summed E-state index contributed by atoms with van der Waals surface area (Å²) in [6, 6.07) is 11.4. The first kappa shape index (κ1) is 22.6. The second-order valence-electron chi connectivity index (χ2n) is 9.18. The average molecular weight is 451 g/mol. The number of likely N-dealkylation sites (tertiary alicyclic amines) is 1. The van der Waals surface area contributed by atoms with E-state index >= 15 is 0 Å². The van der Waals surface area contributed by atoms with Gasteiger partial charge in [-0.3, -0.25) is 4.79 Å². The Balaban J connectivity index is 1.38. The lowest BCUT2D eigenvalue weighted by atomic mass is 10.1.